The van der Waals surface area contributed by atoms with Crippen molar-refractivity contribution in [3.63, 3.8) is 0 Å². The summed E-state index contributed by atoms with van der Waals surface area (Å²) < 4.78 is 0. The van der Waals surface area contributed by atoms with Gasteiger partial charge in [0.05, 0.1) is 0 Å². The molecule has 0 N–H and O–H groups in total. The summed E-state index contributed by atoms with van der Waals surface area (Å²) in [5, 5.41) is 0. The van der Waals surface area contributed by atoms with Gasteiger partial charge < -0.3 is 0 Å². The van der Waals surface area contributed by atoms with Crippen molar-refractivity contribution in [2.75, 3.05) is 0 Å². The van der Waals surface area contributed by atoms with Gasteiger partial charge in [-0.25, -0.2) is 0 Å². The molecule has 0 saturated carbocycles. The van der Waals surface area contributed by atoms with E-state index in [1.165, 1.54) is 19.3 Å². The maximum atomic E-state index is 2.21. The normalized spacial score (nSPS) is 17.0. The smallest absolute Gasteiger partial charge is 0 e. The Bertz CT molecular complexity index is 80.6. The number of allylic oxidation sites excluding steroid dienone is 4. The van der Waals surface area contributed by atoms with Gasteiger partial charge in [0.1, 0.15) is 0 Å². The Balaban J connectivity index is 0.000000490. The fraction of sp³-hybridized carbons (Fsp3) is 0.429. The van der Waals surface area contributed by atoms with Crippen LogP contribution in [0.1, 0.15) is 19.3 Å². The van der Waals surface area contributed by atoms with Gasteiger partial charge in [-0.05, 0) is 19.3 Å². The first kappa shape index (κ1) is 8.08. The molecule has 0 aromatic heterocycles. The van der Waals surface area contributed by atoms with Gasteiger partial charge in [-0.15, -0.1) is 0 Å². The first-order valence-corrected chi connectivity index (χ1v) is 2.82. The minimum atomic E-state index is 0. The van der Waals surface area contributed by atoms with Gasteiger partial charge >= 0.3 is 0 Å². The van der Waals surface area contributed by atoms with Crippen LogP contribution >= 0.6 is 0 Å². The molecule has 0 spiro atoms. The Morgan fingerprint density at radius 1 is 0.875 bits per heavy atom. The molecule has 0 aliphatic heterocycles. The van der Waals surface area contributed by atoms with Crippen LogP contribution in [-0.4, -0.2) is 18.9 Å². The molecule has 39 valence electrons. The van der Waals surface area contributed by atoms with E-state index in [4.69, 9.17) is 0 Å². The summed E-state index contributed by atoms with van der Waals surface area (Å²) in [5.41, 5.74) is 0. The minimum Gasteiger partial charge on any atom is -0.0845 e. The second kappa shape index (κ2) is 5.22. The average molecular weight is 101 g/mol. The SMILES string of the molecule is C1=CCCCC=C1.[Li]. The molecular formula is C7H10Li. The molecular weight excluding hydrogens is 91.0 g/mol. The third-order valence-electron chi connectivity index (χ3n) is 1.12. The second-order valence-electron chi connectivity index (χ2n) is 1.79. The molecule has 8 heavy (non-hydrogen) atoms. The monoisotopic (exact) mass is 101 g/mol. The van der Waals surface area contributed by atoms with Gasteiger partial charge in [-0.1, -0.05) is 24.3 Å². The van der Waals surface area contributed by atoms with Crippen molar-refractivity contribution < 1.29 is 0 Å². The first-order chi connectivity index (χ1) is 3.50. The van der Waals surface area contributed by atoms with Gasteiger partial charge in [-0.3, -0.25) is 0 Å². The maximum absolute atomic E-state index is 2.21. The van der Waals surface area contributed by atoms with Crippen molar-refractivity contribution in [3.05, 3.63) is 24.3 Å². The van der Waals surface area contributed by atoms with Crippen molar-refractivity contribution >= 4 is 18.9 Å². The molecule has 0 heterocycles. The molecule has 0 fully saturated rings. The molecule has 0 nitrogen and oxygen atoms in total. The fourth-order valence-electron chi connectivity index (χ4n) is 0.703. The van der Waals surface area contributed by atoms with E-state index >= 15 is 0 Å². The number of hydrogen-bond donors (Lipinski definition) is 0. The van der Waals surface area contributed by atoms with E-state index in [0.29, 0.717) is 0 Å². The van der Waals surface area contributed by atoms with Crippen LogP contribution in [0.5, 0.6) is 0 Å². The van der Waals surface area contributed by atoms with Crippen LogP contribution in [-0.2, 0) is 0 Å². The molecule has 1 heteroatoms. The first-order valence-electron chi connectivity index (χ1n) is 2.82. The van der Waals surface area contributed by atoms with E-state index in [9.17, 15) is 0 Å². The maximum Gasteiger partial charge on any atom is 0 e. The molecule has 1 radical (unpaired) electrons. The van der Waals surface area contributed by atoms with E-state index in [1.54, 1.807) is 0 Å². The zero-order chi connectivity index (χ0) is 4.95. The fourth-order valence-corrected chi connectivity index (χ4v) is 0.703. The quantitative estimate of drug-likeness (QED) is 0.409. The van der Waals surface area contributed by atoms with E-state index in [2.05, 4.69) is 24.3 Å². The predicted molar refractivity (Wildman–Crippen MR) is 37.9 cm³/mol. The molecule has 0 unspecified atom stereocenters. The van der Waals surface area contributed by atoms with E-state index < -0.39 is 0 Å². The molecule has 0 bridgehead atoms. The molecule has 1 aliphatic carbocycles. The number of rotatable bonds is 0. The van der Waals surface area contributed by atoms with Crippen molar-refractivity contribution in [1.29, 1.82) is 0 Å². The Kier molecular flexibility index (Phi) is 5.27. The topological polar surface area (TPSA) is 0 Å². The molecule has 0 saturated heterocycles. The molecule has 1 aliphatic rings. The van der Waals surface area contributed by atoms with E-state index in [1.807, 2.05) is 0 Å². The number of hydrogen-bond acceptors (Lipinski definition) is 0. The van der Waals surface area contributed by atoms with Crippen molar-refractivity contribution in [2.24, 2.45) is 0 Å². The van der Waals surface area contributed by atoms with Crippen LogP contribution in [0, 0.1) is 0 Å². The van der Waals surface area contributed by atoms with Gasteiger partial charge in [0.15, 0.2) is 0 Å². The summed E-state index contributed by atoms with van der Waals surface area (Å²) in [4.78, 5) is 0. The Labute approximate surface area is 62.8 Å². The molecule has 0 amide bonds. The van der Waals surface area contributed by atoms with Crippen LogP contribution in [0.2, 0.25) is 0 Å². The van der Waals surface area contributed by atoms with Crippen LogP contribution in [0.3, 0.4) is 0 Å². The summed E-state index contributed by atoms with van der Waals surface area (Å²) in [7, 11) is 0. The van der Waals surface area contributed by atoms with Crippen LogP contribution in [0.15, 0.2) is 24.3 Å². The standard InChI is InChI=1S/C7H10.Li/c1-2-4-6-7-5-3-1;/h1-4H,5-7H2;. The molecule has 0 aromatic rings. The molecule has 0 aromatic carbocycles. The zero-order valence-corrected chi connectivity index (χ0v) is 5.43. The van der Waals surface area contributed by atoms with Crippen LogP contribution < -0.4 is 0 Å². The summed E-state index contributed by atoms with van der Waals surface area (Å²) in [6.45, 7) is 0. The third-order valence-corrected chi connectivity index (χ3v) is 1.12. The van der Waals surface area contributed by atoms with Crippen LogP contribution in [0.25, 0.3) is 0 Å². The van der Waals surface area contributed by atoms with Crippen molar-refractivity contribution in [1.82, 2.24) is 0 Å². The van der Waals surface area contributed by atoms with Gasteiger partial charge in [0, 0.05) is 18.9 Å². The largest absolute Gasteiger partial charge is 0.0845 e. The van der Waals surface area contributed by atoms with Crippen molar-refractivity contribution in [2.45, 2.75) is 19.3 Å². The van der Waals surface area contributed by atoms with Crippen molar-refractivity contribution in [3.8, 4) is 0 Å². The predicted octanol–water partition coefficient (Wildman–Crippen LogP) is 1.90. The summed E-state index contributed by atoms with van der Waals surface area (Å²) in [6, 6.07) is 0. The summed E-state index contributed by atoms with van der Waals surface area (Å²) in [5.74, 6) is 0. The van der Waals surface area contributed by atoms with Gasteiger partial charge in [0.2, 0.25) is 0 Å². The molecule has 1 rings (SSSR count). The van der Waals surface area contributed by atoms with Crippen LogP contribution in [0.4, 0.5) is 0 Å². The Hall–Kier alpha value is 0.0774. The minimum absolute atomic E-state index is 0. The summed E-state index contributed by atoms with van der Waals surface area (Å²) >= 11 is 0. The van der Waals surface area contributed by atoms with Gasteiger partial charge in [0.25, 0.3) is 0 Å². The second-order valence-corrected chi connectivity index (χ2v) is 1.79. The Morgan fingerprint density at radius 2 is 1.38 bits per heavy atom. The third kappa shape index (κ3) is 3.13. The Morgan fingerprint density at radius 3 is 1.88 bits per heavy atom. The average Bonchev–Trinajstić information content (AvgIpc) is 1.90. The van der Waals surface area contributed by atoms with Gasteiger partial charge in [-0.2, -0.15) is 0 Å². The molecule has 0 atom stereocenters. The van der Waals surface area contributed by atoms with E-state index in [-0.39, 0.29) is 18.9 Å². The zero-order valence-electron chi connectivity index (χ0n) is 5.43. The van der Waals surface area contributed by atoms with E-state index in [0.717, 1.165) is 0 Å². The summed E-state index contributed by atoms with van der Waals surface area (Å²) in [6.07, 6.45) is 12.5.